The molecule has 0 radical (unpaired) electrons. The molecule has 4 aromatic carbocycles. The number of nitrogens with zero attached hydrogens (tertiary/aromatic N) is 2. The van der Waals surface area contributed by atoms with Crippen LogP contribution in [0.5, 0.6) is 0 Å². The van der Waals surface area contributed by atoms with E-state index in [9.17, 15) is 9.59 Å². The molecule has 0 aliphatic carbocycles. The summed E-state index contributed by atoms with van der Waals surface area (Å²) in [5, 5.41) is 7.80. The van der Waals surface area contributed by atoms with Crippen molar-refractivity contribution >= 4 is 11.9 Å². The Balaban J connectivity index is 1.43. The molecule has 1 atom stereocenters. The van der Waals surface area contributed by atoms with Crippen LogP contribution in [-0.4, -0.2) is 28.3 Å². The third-order valence-corrected chi connectivity index (χ3v) is 7.16. The van der Waals surface area contributed by atoms with Crippen molar-refractivity contribution in [3.8, 4) is 16.9 Å². The lowest BCUT2D eigenvalue weighted by Crippen LogP contribution is -2.30. The fraction of sp³-hybridized carbons (Fsp3) is 0.171. The number of hydrogen-bond acceptors (Lipinski definition) is 4. The molecule has 0 bridgehead atoms. The number of aromatic nitrogens is 2. The van der Waals surface area contributed by atoms with Crippen molar-refractivity contribution in [2.75, 3.05) is 6.61 Å². The number of esters is 1. The summed E-state index contributed by atoms with van der Waals surface area (Å²) in [6, 6.07) is 35.1. The Morgan fingerprint density at radius 1 is 0.829 bits per heavy atom. The van der Waals surface area contributed by atoms with Crippen LogP contribution in [0.15, 0.2) is 109 Å². The van der Waals surface area contributed by atoms with Crippen LogP contribution in [0.3, 0.4) is 0 Å². The molecule has 6 nitrogen and oxygen atoms in total. The van der Waals surface area contributed by atoms with E-state index in [1.165, 1.54) is 5.56 Å². The second kappa shape index (κ2) is 12.5. The number of hydrogen-bond donors (Lipinski definition) is 1. The monoisotopic (exact) mass is 543 g/mol. The normalized spacial score (nSPS) is 11.6. The number of carbonyl (C=O) groups excluding carboxylic acids is 2. The Kier molecular flexibility index (Phi) is 8.39. The van der Waals surface area contributed by atoms with Gasteiger partial charge in [-0.3, -0.25) is 4.79 Å². The number of nitrogens with one attached hydrogen (secondary N) is 1. The van der Waals surface area contributed by atoms with E-state index in [4.69, 9.17) is 4.74 Å². The van der Waals surface area contributed by atoms with E-state index in [2.05, 4.69) is 48.5 Å². The van der Waals surface area contributed by atoms with Crippen molar-refractivity contribution in [1.29, 1.82) is 0 Å². The van der Waals surface area contributed by atoms with Crippen LogP contribution in [0.25, 0.3) is 16.9 Å². The molecule has 1 amide bonds. The summed E-state index contributed by atoms with van der Waals surface area (Å²) in [6.45, 7) is 6.15. The Labute approximate surface area is 240 Å². The lowest BCUT2D eigenvalue weighted by Gasteiger charge is -2.20. The Hall–Kier alpha value is -4.97. The predicted molar refractivity (Wildman–Crippen MR) is 161 cm³/mol. The maximum Gasteiger partial charge on any atom is 0.358 e. The summed E-state index contributed by atoms with van der Waals surface area (Å²) in [5.74, 6) is -0.638. The van der Waals surface area contributed by atoms with Gasteiger partial charge < -0.3 is 10.1 Å². The Morgan fingerprint density at radius 2 is 1.51 bits per heavy atom. The highest BCUT2D eigenvalue weighted by Gasteiger charge is 2.20. The van der Waals surface area contributed by atoms with E-state index >= 15 is 0 Å². The van der Waals surface area contributed by atoms with Gasteiger partial charge in [0.05, 0.1) is 24.0 Å². The molecule has 0 spiro atoms. The van der Waals surface area contributed by atoms with Gasteiger partial charge in [0.2, 0.25) is 0 Å². The molecule has 0 aliphatic heterocycles. The fourth-order valence-electron chi connectivity index (χ4n) is 4.77. The summed E-state index contributed by atoms with van der Waals surface area (Å²) in [6.07, 6.45) is 0.678. The second-order valence-electron chi connectivity index (χ2n) is 10.0. The highest BCUT2D eigenvalue weighted by molar-refractivity contribution is 5.94. The SMILES string of the molecule is CCOC(=O)c1cc(-c2ccc(C)c(C)c2)n(-c2ccc(C(=O)N[C@@H](Cc3ccccc3)c3ccccc3)cc2)n1. The minimum Gasteiger partial charge on any atom is -0.461 e. The van der Waals surface area contributed by atoms with Crippen molar-refractivity contribution < 1.29 is 14.3 Å². The maximum absolute atomic E-state index is 13.4. The highest BCUT2D eigenvalue weighted by atomic mass is 16.5. The molecule has 206 valence electrons. The molecule has 5 rings (SSSR count). The molecule has 6 heteroatoms. The zero-order valence-electron chi connectivity index (χ0n) is 23.5. The van der Waals surface area contributed by atoms with Crippen molar-refractivity contribution in [3.63, 3.8) is 0 Å². The van der Waals surface area contributed by atoms with Crippen LogP contribution < -0.4 is 5.32 Å². The van der Waals surface area contributed by atoms with E-state index in [-0.39, 0.29) is 24.2 Å². The lowest BCUT2D eigenvalue weighted by molar-refractivity contribution is 0.0518. The number of benzene rings is 4. The number of aryl methyl sites for hydroxylation is 2. The number of rotatable bonds is 9. The van der Waals surface area contributed by atoms with Gasteiger partial charge in [-0.2, -0.15) is 5.10 Å². The van der Waals surface area contributed by atoms with Crippen molar-refractivity contribution in [1.82, 2.24) is 15.1 Å². The Bertz CT molecular complexity index is 1640. The molecule has 0 saturated heterocycles. The van der Waals surface area contributed by atoms with Crippen LogP contribution >= 0.6 is 0 Å². The first-order chi connectivity index (χ1) is 19.9. The van der Waals surface area contributed by atoms with Gasteiger partial charge >= 0.3 is 5.97 Å². The largest absolute Gasteiger partial charge is 0.461 e. The second-order valence-corrected chi connectivity index (χ2v) is 10.0. The number of ether oxygens (including phenoxy) is 1. The fourth-order valence-corrected chi connectivity index (χ4v) is 4.77. The van der Waals surface area contributed by atoms with E-state index in [1.807, 2.05) is 66.7 Å². The maximum atomic E-state index is 13.4. The molecule has 0 unspecified atom stereocenters. The van der Waals surface area contributed by atoms with Crippen LogP contribution in [0.4, 0.5) is 0 Å². The third kappa shape index (κ3) is 6.44. The van der Waals surface area contributed by atoms with Gasteiger partial charge in [-0.1, -0.05) is 72.8 Å². The van der Waals surface area contributed by atoms with Gasteiger partial charge in [-0.25, -0.2) is 9.48 Å². The summed E-state index contributed by atoms with van der Waals surface area (Å²) >= 11 is 0. The average Bonchev–Trinajstić information content (AvgIpc) is 3.45. The molecule has 0 aliphatic rings. The van der Waals surface area contributed by atoms with Gasteiger partial charge in [0, 0.05) is 11.1 Å². The van der Waals surface area contributed by atoms with Crippen LogP contribution in [0.2, 0.25) is 0 Å². The molecule has 41 heavy (non-hydrogen) atoms. The summed E-state index contributed by atoms with van der Waals surface area (Å²) in [5.41, 5.74) is 7.71. The molecule has 0 saturated carbocycles. The lowest BCUT2D eigenvalue weighted by atomic mass is 9.98. The molecule has 1 aromatic heterocycles. The number of carbonyl (C=O) groups is 2. The van der Waals surface area contributed by atoms with Crippen molar-refractivity contribution in [2.24, 2.45) is 0 Å². The standard InChI is InChI=1S/C35H33N3O3/c1-4-41-35(40)32-23-33(29-16-15-24(2)25(3)21-29)38(37-32)30-19-17-28(18-20-30)34(39)36-31(27-13-9-6-10-14-27)22-26-11-7-5-8-12-26/h5-21,23,31H,4,22H2,1-3H3,(H,36,39)/t31-/m0/s1. The minimum absolute atomic E-state index is 0.164. The zero-order valence-corrected chi connectivity index (χ0v) is 23.5. The minimum atomic E-state index is -0.474. The molecule has 1 heterocycles. The first-order valence-electron chi connectivity index (χ1n) is 13.8. The highest BCUT2D eigenvalue weighted by Crippen LogP contribution is 2.27. The van der Waals surface area contributed by atoms with E-state index in [0.717, 1.165) is 33.6 Å². The van der Waals surface area contributed by atoms with Crippen molar-refractivity contribution in [3.05, 3.63) is 143 Å². The van der Waals surface area contributed by atoms with Gasteiger partial charge in [0.1, 0.15) is 0 Å². The molecular formula is C35H33N3O3. The quantitative estimate of drug-likeness (QED) is 0.202. The molecule has 0 fully saturated rings. The van der Waals surface area contributed by atoms with Crippen LogP contribution in [-0.2, 0) is 11.2 Å². The molecule has 1 N–H and O–H groups in total. The van der Waals surface area contributed by atoms with Gasteiger partial charge in [0.15, 0.2) is 5.69 Å². The molecule has 5 aromatic rings. The molecular weight excluding hydrogens is 510 g/mol. The average molecular weight is 544 g/mol. The van der Waals surface area contributed by atoms with E-state index in [0.29, 0.717) is 12.0 Å². The first kappa shape index (κ1) is 27.6. The van der Waals surface area contributed by atoms with Gasteiger partial charge in [-0.05, 0) is 85.8 Å². The Morgan fingerprint density at radius 3 is 2.17 bits per heavy atom. The van der Waals surface area contributed by atoms with Crippen LogP contribution in [0.1, 0.15) is 56.1 Å². The van der Waals surface area contributed by atoms with Gasteiger partial charge in [-0.15, -0.1) is 0 Å². The summed E-state index contributed by atoms with van der Waals surface area (Å²) in [7, 11) is 0. The predicted octanol–water partition coefficient (Wildman–Crippen LogP) is 7.05. The first-order valence-corrected chi connectivity index (χ1v) is 13.8. The summed E-state index contributed by atoms with van der Waals surface area (Å²) in [4.78, 5) is 25.9. The van der Waals surface area contributed by atoms with E-state index in [1.54, 1.807) is 29.8 Å². The van der Waals surface area contributed by atoms with Crippen LogP contribution in [0, 0.1) is 13.8 Å². The topological polar surface area (TPSA) is 73.2 Å². The van der Waals surface area contributed by atoms with Crippen molar-refractivity contribution in [2.45, 2.75) is 33.2 Å². The van der Waals surface area contributed by atoms with E-state index < -0.39 is 5.97 Å². The van der Waals surface area contributed by atoms with Gasteiger partial charge in [0.25, 0.3) is 5.91 Å². The third-order valence-electron chi connectivity index (χ3n) is 7.16. The zero-order chi connectivity index (χ0) is 28.8. The smallest absolute Gasteiger partial charge is 0.358 e. The number of amides is 1. The summed E-state index contributed by atoms with van der Waals surface area (Å²) < 4.78 is 6.93.